The number of aryl methyl sites for hydroxylation is 1. The molecule has 0 atom stereocenters. The van der Waals surface area contributed by atoms with Crippen molar-refractivity contribution in [3.8, 4) is 11.5 Å². The van der Waals surface area contributed by atoms with E-state index in [-0.39, 0.29) is 11.7 Å². The molecule has 0 radical (unpaired) electrons. The first kappa shape index (κ1) is 13.6. The van der Waals surface area contributed by atoms with Crippen LogP contribution in [0, 0.1) is 6.92 Å². The molecule has 0 saturated carbocycles. The van der Waals surface area contributed by atoms with Gasteiger partial charge in [0.1, 0.15) is 0 Å². The molecular weight excluding hydrogens is 292 g/mol. The van der Waals surface area contributed by atoms with Crippen LogP contribution in [-0.4, -0.2) is 15.2 Å². The first-order valence-corrected chi connectivity index (χ1v) is 7.73. The highest BCUT2D eigenvalue weighted by atomic mass is 32.2. The fourth-order valence-corrected chi connectivity index (χ4v) is 3.12. The van der Waals surface area contributed by atoms with Gasteiger partial charge in [-0.05, 0) is 42.8 Å². The first-order valence-electron chi connectivity index (χ1n) is 6.24. The second-order valence-electron chi connectivity index (χ2n) is 4.69. The predicted molar refractivity (Wildman–Crippen MR) is 79.0 cm³/mol. The van der Waals surface area contributed by atoms with Crippen LogP contribution in [0.2, 0.25) is 0 Å². The highest BCUT2D eigenvalue weighted by molar-refractivity contribution is 7.92. The average Bonchev–Trinajstić information content (AvgIpc) is 2.88. The normalized spacial score (nSPS) is 13.2. The standard InChI is InChI=1S/C14H14N2O4S/c1-9-6-11(3-4-12(9)15)21(17,18)16-10-2-5-13-14(7-10)20-8-19-13/h2-7,16H,8,15H2,1H3. The molecule has 0 spiro atoms. The molecule has 110 valence electrons. The number of sulfonamides is 1. The van der Waals surface area contributed by atoms with Crippen LogP contribution in [-0.2, 0) is 10.0 Å². The van der Waals surface area contributed by atoms with Crippen molar-refractivity contribution in [3.05, 3.63) is 42.0 Å². The molecule has 0 aromatic heterocycles. The Hall–Kier alpha value is -2.41. The summed E-state index contributed by atoms with van der Waals surface area (Å²) in [6.45, 7) is 1.90. The predicted octanol–water partition coefficient (Wildman–Crippen LogP) is 2.11. The van der Waals surface area contributed by atoms with Gasteiger partial charge in [0.15, 0.2) is 11.5 Å². The van der Waals surface area contributed by atoms with Crippen LogP contribution < -0.4 is 19.9 Å². The van der Waals surface area contributed by atoms with Gasteiger partial charge in [0.05, 0.1) is 10.6 Å². The minimum atomic E-state index is -3.67. The van der Waals surface area contributed by atoms with Crippen molar-refractivity contribution in [2.75, 3.05) is 17.2 Å². The van der Waals surface area contributed by atoms with Gasteiger partial charge in [-0.3, -0.25) is 4.72 Å². The Labute approximate surface area is 122 Å². The Morgan fingerprint density at radius 2 is 1.86 bits per heavy atom. The Kier molecular flexibility index (Phi) is 3.13. The van der Waals surface area contributed by atoms with Crippen LogP contribution in [0.1, 0.15) is 5.56 Å². The molecule has 0 fully saturated rings. The van der Waals surface area contributed by atoms with E-state index in [1.165, 1.54) is 12.1 Å². The Morgan fingerprint density at radius 3 is 2.62 bits per heavy atom. The number of hydrogen-bond donors (Lipinski definition) is 2. The number of benzene rings is 2. The average molecular weight is 306 g/mol. The lowest BCUT2D eigenvalue weighted by Crippen LogP contribution is -2.13. The zero-order valence-corrected chi connectivity index (χ0v) is 12.1. The largest absolute Gasteiger partial charge is 0.454 e. The summed E-state index contributed by atoms with van der Waals surface area (Å²) in [5.41, 5.74) is 7.38. The maximum absolute atomic E-state index is 12.3. The zero-order valence-electron chi connectivity index (χ0n) is 11.3. The maximum atomic E-state index is 12.3. The summed E-state index contributed by atoms with van der Waals surface area (Å²) in [5, 5.41) is 0. The van der Waals surface area contributed by atoms with E-state index in [0.717, 1.165) is 0 Å². The summed E-state index contributed by atoms with van der Waals surface area (Å²) in [5.74, 6) is 1.12. The monoisotopic (exact) mass is 306 g/mol. The van der Waals surface area contributed by atoms with Crippen LogP contribution >= 0.6 is 0 Å². The molecule has 0 saturated heterocycles. The van der Waals surface area contributed by atoms with Crippen molar-refractivity contribution >= 4 is 21.4 Å². The van der Waals surface area contributed by atoms with Crippen molar-refractivity contribution in [2.45, 2.75) is 11.8 Å². The first-order chi connectivity index (χ1) is 9.95. The second-order valence-corrected chi connectivity index (χ2v) is 6.37. The smallest absolute Gasteiger partial charge is 0.261 e. The molecule has 2 aromatic rings. The van der Waals surface area contributed by atoms with E-state index in [1.807, 2.05) is 0 Å². The molecule has 1 aliphatic rings. The van der Waals surface area contributed by atoms with E-state index in [9.17, 15) is 8.42 Å². The van der Waals surface area contributed by atoms with E-state index < -0.39 is 10.0 Å². The van der Waals surface area contributed by atoms with Gasteiger partial charge in [-0.1, -0.05) is 0 Å². The van der Waals surface area contributed by atoms with Gasteiger partial charge in [0.2, 0.25) is 6.79 Å². The third-order valence-corrected chi connectivity index (χ3v) is 4.56. The lowest BCUT2D eigenvalue weighted by Gasteiger charge is -2.10. The molecule has 6 nitrogen and oxygen atoms in total. The van der Waals surface area contributed by atoms with E-state index in [1.54, 1.807) is 31.2 Å². The fourth-order valence-electron chi connectivity index (χ4n) is 1.99. The van der Waals surface area contributed by atoms with Crippen molar-refractivity contribution in [1.82, 2.24) is 0 Å². The molecule has 21 heavy (non-hydrogen) atoms. The SMILES string of the molecule is Cc1cc(S(=O)(=O)Nc2ccc3c(c2)OCO3)ccc1N. The molecule has 1 heterocycles. The number of ether oxygens (including phenoxy) is 2. The van der Waals surface area contributed by atoms with Crippen LogP contribution in [0.15, 0.2) is 41.3 Å². The molecule has 7 heteroatoms. The number of hydrogen-bond acceptors (Lipinski definition) is 5. The molecular formula is C14H14N2O4S. The van der Waals surface area contributed by atoms with Crippen molar-refractivity contribution in [1.29, 1.82) is 0 Å². The van der Waals surface area contributed by atoms with Crippen molar-refractivity contribution in [3.63, 3.8) is 0 Å². The summed E-state index contributed by atoms with van der Waals surface area (Å²) in [7, 11) is -3.67. The number of nitrogens with one attached hydrogen (secondary N) is 1. The quantitative estimate of drug-likeness (QED) is 0.848. The molecule has 2 aromatic carbocycles. The minimum Gasteiger partial charge on any atom is -0.454 e. The van der Waals surface area contributed by atoms with E-state index >= 15 is 0 Å². The van der Waals surface area contributed by atoms with Crippen LogP contribution in [0.3, 0.4) is 0 Å². The van der Waals surface area contributed by atoms with Crippen LogP contribution in [0.25, 0.3) is 0 Å². The fraction of sp³-hybridized carbons (Fsp3) is 0.143. The molecule has 3 rings (SSSR count). The van der Waals surface area contributed by atoms with Gasteiger partial charge < -0.3 is 15.2 Å². The molecule has 0 unspecified atom stereocenters. The maximum Gasteiger partial charge on any atom is 0.261 e. The summed E-state index contributed by atoms with van der Waals surface area (Å²) in [6.07, 6.45) is 0. The Balaban J connectivity index is 1.90. The topological polar surface area (TPSA) is 90.7 Å². The summed E-state index contributed by atoms with van der Waals surface area (Å²) >= 11 is 0. The minimum absolute atomic E-state index is 0.142. The van der Waals surface area contributed by atoms with Crippen LogP contribution in [0.5, 0.6) is 11.5 Å². The van der Waals surface area contributed by atoms with Gasteiger partial charge >= 0.3 is 0 Å². The van der Waals surface area contributed by atoms with Gasteiger partial charge in [0, 0.05) is 11.8 Å². The van der Waals surface area contributed by atoms with E-state index in [0.29, 0.717) is 28.4 Å². The molecule has 0 bridgehead atoms. The zero-order chi connectivity index (χ0) is 15.0. The number of anilines is 2. The molecule has 0 amide bonds. The lowest BCUT2D eigenvalue weighted by atomic mass is 10.2. The third kappa shape index (κ3) is 2.59. The van der Waals surface area contributed by atoms with Crippen molar-refractivity contribution in [2.24, 2.45) is 0 Å². The molecule has 3 N–H and O–H groups in total. The van der Waals surface area contributed by atoms with Gasteiger partial charge in [-0.2, -0.15) is 0 Å². The highest BCUT2D eigenvalue weighted by Crippen LogP contribution is 2.34. The number of nitrogens with two attached hydrogens (primary N) is 1. The van der Waals surface area contributed by atoms with E-state index in [4.69, 9.17) is 15.2 Å². The number of rotatable bonds is 3. The van der Waals surface area contributed by atoms with E-state index in [2.05, 4.69) is 4.72 Å². The van der Waals surface area contributed by atoms with Crippen molar-refractivity contribution < 1.29 is 17.9 Å². The third-order valence-electron chi connectivity index (χ3n) is 3.18. The lowest BCUT2D eigenvalue weighted by molar-refractivity contribution is 0.174. The van der Waals surface area contributed by atoms with Gasteiger partial charge in [-0.15, -0.1) is 0 Å². The molecule has 0 aliphatic carbocycles. The summed E-state index contributed by atoms with van der Waals surface area (Å²) in [6, 6.07) is 9.44. The Morgan fingerprint density at radius 1 is 1.10 bits per heavy atom. The molecule has 1 aliphatic heterocycles. The number of fused-ring (bicyclic) bond motifs is 1. The number of nitrogen functional groups attached to an aromatic ring is 1. The van der Waals surface area contributed by atoms with Crippen LogP contribution in [0.4, 0.5) is 11.4 Å². The summed E-state index contributed by atoms with van der Waals surface area (Å²) in [4.78, 5) is 0.159. The highest BCUT2D eigenvalue weighted by Gasteiger charge is 2.18. The summed E-state index contributed by atoms with van der Waals surface area (Å²) < 4.78 is 37.6. The van der Waals surface area contributed by atoms with Gasteiger partial charge in [-0.25, -0.2) is 8.42 Å². The Bertz CT molecular complexity index is 803. The second kappa shape index (κ2) is 4.85. The van der Waals surface area contributed by atoms with Gasteiger partial charge in [0.25, 0.3) is 10.0 Å².